The van der Waals surface area contributed by atoms with E-state index >= 15 is 0 Å². The Morgan fingerprint density at radius 1 is 1.33 bits per heavy atom. The Morgan fingerprint density at radius 2 is 2.00 bits per heavy atom. The Balaban J connectivity index is 2.52. The van der Waals surface area contributed by atoms with Gasteiger partial charge < -0.3 is 10.4 Å². The zero-order valence-electron chi connectivity index (χ0n) is 10.3. The van der Waals surface area contributed by atoms with E-state index in [2.05, 4.69) is 5.32 Å². The largest absolute Gasteiger partial charge is 0.481 e. The summed E-state index contributed by atoms with van der Waals surface area (Å²) in [7, 11) is 0. The second-order valence-electron chi connectivity index (χ2n) is 4.61. The lowest BCUT2D eigenvalue weighted by atomic mass is 9.79. The number of hydrogen-bond donors (Lipinski definition) is 2. The number of carboxylic acids is 1. The van der Waals surface area contributed by atoms with Crippen LogP contribution < -0.4 is 5.32 Å². The molecule has 2 N–H and O–H groups in total. The molecule has 0 saturated heterocycles. The van der Waals surface area contributed by atoms with Crippen molar-refractivity contribution >= 4 is 23.6 Å². The van der Waals surface area contributed by atoms with E-state index in [1.54, 1.807) is 0 Å². The van der Waals surface area contributed by atoms with Gasteiger partial charge in [0.15, 0.2) is 0 Å². The molecule has 6 heteroatoms. The first-order chi connectivity index (χ1) is 8.58. The lowest BCUT2D eigenvalue weighted by Gasteiger charge is -2.37. The van der Waals surface area contributed by atoms with Gasteiger partial charge in [0.1, 0.15) is 0 Å². The van der Waals surface area contributed by atoms with Gasteiger partial charge in [-0.25, -0.2) is 0 Å². The van der Waals surface area contributed by atoms with Gasteiger partial charge in [-0.05, 0) is 12.8 Å². The van der Waals surface area contributed by atoms with Crippen LogP contribution in [-0.4, -0.2) is 34.0 Å². The minimum atomic E-state index is -0.873. The molecule has 0 aromatic heterocycles. The number of nitrogens with zero attached hydrogens (tertiary/aromatic N) is 1. The predicted molar refractivity (Wildman–Crippen MR) is 69.1 cm³/mol. The van der Waals surface area contributed by atoms with Gasteiger partial charge in [-0.3, -0.25) is 9.59 Å². The van der Waals surface area contributed by atoms with Crippen LogP contribution in [0.2, 0.25) is 0 Å². The molecule has 0 aromatic carbocycles. The number of hydrogen-bond acceptors (Lipinski definition) is 4. The number of nitrogens with one attached hydrogen (secondary N) is 1. The fourth-order valence-corrected chi connectivity index (χ4v) is 2.84. The molecule has 0 bridgehead atoms. The van der Waals surface area contributed by atoms with E-state index in [1.165, 1.54) is 11.8 Å². The summed E-state index contributed by atoms with van der Waals surface area (Å²) in [4.78, 5) is 22.7. The maximum Gasteiger partial charge on any atom is 0.305 e. The summed E-state index contributed by atoms with van der Waals surface area (Å²) in [6, 6.07) is 1.96. The normalized spacial score (nSPS) is 17.7. The quantitative estimate of drug-likeness (QED) is 0.714. The molecule has 1 aliphatic rings. The van der Waals surface area contributed by atoms with Crippen molar-refractivity contribution in [3.05, 3.63) is 0 Å². The zero-order valence-corrected chi connectivity index (χ0v) is 11.1. The van der Waals surface area contributed by atoms with E-state index in [0.717, 1.165) is 32.1 Å². The number of carboxylic acid groups (broad SMARTS) is 1. The van der Waals surface area contributed by atoms with Gasteiger partial charge in [0.25, 0.3) is 0 Å². The van der Waals surface area contributed by atoms with Crippen molar-refractivity contribution in [1.29, 1.82) is 5.26 Å². The molecule has 5 nitrogen and oxygen atoms in total. The molecule has 0 spiro atoms. The number of rotatable bonds is 6. The van der Waals surface area contributed by atoms with Crippen LogP contribution in [-0.2, 0) is 9.59 Å². The highest BCUT2D eigenvalue weighted by Gasteiger charge is 2.35. The van der Waals surface area contributed by atoms with Crippen molar-refractivity contribution < 1.29 is 14.7 Å². The minimum absolute atomic E-state index is 0.0122. The number of nitriles is 1. The molecule has 1 fully saturated rings. The molecular weight excluding hydrogens is 252 g/mol. The van der Waals surface area contributed by atoms with Gasteiger partial charge in [0.2, 0.25) is 5.91 Å². The molecule has 1 saturated carbocycles. The van der Waals surface area contributed by atoms with Crippen molar-refractivity contribution in [1.82, 2.24) is 5.32 Å². The van der Waals surface area contributed by atoms with Crippen LogP contribution >= 0.6 is 11.8 Å². The average Bonchev–Trinajstić information content (AvgIpc) is 2.29. The highest BCUT2D eigenvalue weighted by Crippen LogP contribution is 2.31. The van der Waals surface area contributed by atoms with Crippen molar-refractivity contribution in [2.75, 3.05) is 11.5 Å². The average molecular weight is 270 g/mol. The Bertz CT molecular complexity index is 346. The molecule has 0 aromatic rings. The molecule has 0 radical (unpaired) electrons. The fraction of sp³-hybridized carbons (Fsp3) is 0.750. The molecule has 1 aliphatic carbocycles. The van der Waals surface area contributed by atoms with Crippen molar-refractivity contribution in [3.8, 4) is 6.07 Å². The van der Waals surface area contributed by atoms with Gasteiger partial charge in [-0.15, -0.1) is 11.8 Å². The Labute approximate surface area is 111 Å². The van der Waals surface area contributed by atoms with Crippen LogP contribution in [0.25, 0.3) is 0 Å². The summed E-state index contributed by atoms with van der Waals surface area (Å²) in [6.07, 6.45) is 4.46. The van der Waals surface area contributed by atoms with Gasteiger partial charge in [0.05, 0.1) is 29.5 Å². The Kier molecular flexibility index (Phi) is 5.99. The van der Waals surface area contributed by atoms with Crippen LogP contribution in [0.5, 0.6) is 0 Å². The zero-order chi connectivity index (χ0) is 13.4. The second kappa shape index (κ2) is 7.27. The number of carbonyl (C=O) groups is 2. The highest BCUT2D eigenvalue weighted by molar-refractivity contribution is 8.00. The molecule has 0 atom stereocenters. The molecule has 18 heavy (non-hydrogen) atoms. The number of aliphatic carboxylic acids is 1. The first kappa shape index (κ1) is 14.8. The lowest BCUT2D eigenvalue weighted by Crippen LogP contribution is -2.51. The van der Waals surface area contributed by atoms with Crippen LogP contribution in [0.4, 0.5) is 0 Å². The van der Waals surface area contributed by atoms with E-state index in [0.29, 0.717) is 0 Å². The summed E-state index contributed by atoms with van der Waals surface area (Å²) in [5.41, 5.74) is -0.575. The molecule has 0 unspecified atom stereocenters. The van der Waals surface area contributed by atoms with E-state index < -0.39 is 11.5 Å². The second-order valence-corrected chi connectivity index (χ2v) is 5.60. The van der Waals surface area contributed by atoms with Gasteiger partial charge in [-0.2, -0.15) is 5.26 Å². The van der Waals surface area contributed by atoms with E-state index in [4.69, 9.17) is 10.4 Å². The van der Waals surface area contributed by atoms with Crippen molar-refractivity contribution in [3.63, 3.8) is 0 Å². The lowest BCUT2D eigenvalue weighted by molar-refractivity contribution is -0.139. The number of carbonyl (C=O) groups excluding carboxylic acids is 1. The predicted octanol–water partition coefficient (Wildman–Crippen LogP) is 1.54. The third-order valence-electron chi connectivity index (χ3n) is 3.10. The first-order valence-electron chi connectivity index (χ1n) is 6.05. The maximum absolute atomic E-state index is 11.7. The SMILES string of the molecule is N#CCSCC(=O)NC1(CC(=O)O)CCCCC1. The standard InChI is InChI=1S/C12H18N2O3S/c13-6-7-18-9-10(15)14-12(8-11(16)17)4-2-1-3-5-12/h1-5,7-9H2,(H,14,15)(H,16,17). The summed E-state index contributed by atoms with van der Waals surface area (Å²) in [5, 5.41) is 20.2. The van der Waals surface area contributed by atoms with Crippen LogP contribution in [0.3, 0.4) is 0 Å². The molecule has 1 rings (SSSR count). The number of amides is 1. The molecule has 0 aliphatic heterocycles. The summed E-state index contributed by atoms with van der Waals surface area (Å²) in [5.74, 6) is -0.547. The summed E-state index contributed by atoms with van der Waals surface area (Å²) >= 11 is 1.25. The van der Waals surface area contributed by atoms with Crippen molar-refractivity contribution in [2.24, 2.45) is 0 Å². The van der Waals surface area contributed by atoms with Gasteiger partial charge in [-0.1, -0.05) is 19.3 Å². The molecule has 100 valence electrons. The minimum Gasteiger partial charge on any atom is -0.481 e. The molecule has 1 amide bonds. The van der Waals surface area contributed by atoms with Crippen LogP contribution in [0.1, 0.15) is 38.5 Å². The number of thioether (sulfide) groups is 1. The summed E-state index contributed by atoms with van der Waals surface area (Å²) in [6.45, 7) is 0. The monoisotopic (exact) mass is 270 g/mol. The smallest absolute Gasteiger partial charge is 0.305 e. The Hall–Kier alpha value is -1.22. The van der Waals surface area contributed by atoms with Gasteiger partial charge in [0, 0.05) is 0 Å². The first-order valence-corrected chi connectivity index (χ1v) is 7.21. The maximum atomic E-state index is 11.7. The third-order valence-corrected chi connectivity index (χ3v) is 3.90. The topological polar surface area (TPSA) is 90.2 Å². The van der Waals surface area contributed by atoms with E-state index in [9.17, 15) is 9.59 Å². The molecular formula is C12H18N2O3S. The fourth-order valence-electron chi connectivity index (χ4n) is 2.39. The van der Waals surface area contributed by atoms with E-state index in [1.807, 2.05) is 6.07 Å². The Morgan fingerprint density at radius 3 is 2.56 bits per heavy atom. The molecule has 0 heterocycles. The highest BCUT2D eigenvalue weighted by atomic mass is 32.2. The van der Waals surface area contributed by atoms with Crippen molar-refractivity contribution in [2.45, 2.75) is 44.1 Å². The third kappa shape index (κ3) is 4.96. The van der Waals surface area contributed by atoms with E-state index in [-0.39, 0.29) is 23.8 Å². The van der Waals surface area contributed by atoms with Crippen LogP contribution in [0, 0.1) is 11.3 Å². The van der Waals surface area contributed by atoms with Gasteiger partial charge >= 0.3 is 5.97 Å². The van der Waals surface area contributed by atoms with Crippen LogP contribution in [0.15, 0.2) is 0 Å². The summed E-state index contributed by atoms with van der Waals surface area (Å²) < 4.78 is 0.